The molecule has 0 saturated carbocycles. The van der Waals surface area contributed by atoms with Gasteiger partial charge < -0.3 is 9.84 Å². The number of aliphatic hydroxyl groups is 1. The molecular formula is C23H16O4. The Morgan fingerprint density at radius 1 is 0.741 bits per heavy atom. The van der Waals surface area contributed by atoms with Crippen LogP contribution in [0, 0.1) is 5.92 Å². The monoisotopic (exact) mass is 356 g/mol. The van der Waals surface area contributed by atoms with Gasteiger partial charge in [0.25, 0.3) is 0 Å². The normalized spacial score (nSPS) is 15.6. The molecule has 1 heterocycles. The summed E-state index contributed by atoms with van der Waals surface area (Å²) in [6.07, 6.45) is 0. The maximum absolute atomic E-state index is 12.9. The third kappa shape index (κ3) is 3.02. The van der Waals surface area contributed by atoms with E-state index in [2.05, 4.69) is 0 Å². The summed E-state index contributed by atoms with van der Waals surface area (Å²) >= 11 is 0. The molecule has 1 aliphatic heterocycles. The number of rotatable bonds is 3. The highest BCUT2D eigenvalue weighted by Gasteiger charge is 2.40. The minimum atomic E-state index is -1.39. The first-order valence-electron chi connectivity index (χ1n) is 8.55. The number of hydrogen-bond acceptors (Lipinski definition) is 4. The van der Waals surface area contributed by atoms with E-state index < -0.39 is 17.7 Å². The van der Waals surface area contributed by atoms with Crippen molar-refractivity contribution in [1.29, 1.82) is 0 Å². The second kappa shape index (κ2) is 6.92. The van der Waals surface area contributed by atoms with Crippen LogP contribution in [0.15, 0.2) is 90.7 Å². The summed E-state index contributed by atoms with van der Waals surface area (Å²) in [6, 6.07) is 24.9. The molecule has 0 bridgehead atoms. The molecule has 0 fully saturated rings. The third-order valence-electron chi connectivity index (χ3n) is 4.52. The van der Waals surface area contributed by atoms with Crippen molar-refractivity contribution in [2.24, 2.45) is 5.92 Å². The van der Waals surface area contributed by atoms with E-state index in [1.807, 2.05) is 60.7 Å². The Balaban J connectivity index is 1.90. The molecule has 1 N–H and O–H groups in total. The summed E-state index contributed by atoms with van der Waals surface area (Å²) in [5.41, 5.74) is 2.14. The zero-order valence-corrected chi connectivity index (χ0v) is 14.3. The van der Waals surface area contributed by atoms with Gasteiger partial charge in [-0.05, 0) is 23.3 Å². The van der Waals surface area contributed by atoms with Gasteiger partial charge in [-0.3, -0.25) is 9.59 Å². The average molecular weight is 356 g/mol. The van der Waals surface area contributed by atoms with Gasteiger partial charge in [0.15, 0.2) is 11.7 Å². The number of ether oxygens (including phenoxy) is 1. The van der Waals surface area contributed by atoms with Crippen LogP contribution in [0.1, 0.15) is 21.5 Å². The predicted molar refractivity (Wildman–Crippen MR) is 101 cm³/mol. The standard InChI is InChI=1S/C23H16O4/c24-21-17-13-7-8-14-18(17)27-23(26)20(21)22(25)19(15-9-3-1-4-10-15)16-11-5-2-6-12-16/h1-14,20,25H. The van der Waals surface area contributed by atoms with Crippen LogP contribution >= 0.6 is 0 Å². The molecule has 0 aromatic heterocycles. The quantitative estimate of drug-likeness (QED) is 0.326. The highest BCUT2D eigenvalue weighted by atomic mass is 16.5. The van der Waals surface area contributed by atoms with Gasteiger partial charge in [0.2, 0.25) is 0 Å². The van der Waals surface area contributed by atoms with Crippen molar-refractivity contribution >= 4 is 17.3 Å². The van der Waals surface area contributed by atoms with Gasteiger partial charge in [-0.2, -0.15) is 0 Å². The van der Waals surface area contributed by atoms with Crippen molar-refractivity contribution in [3.63, 3.8) is 0 Å². The molecule has 4 heteroatoms. The third-order valence-corrected chi connectivity index (χ3v) is 4.52. The predicted octanol–water partition coefficient (Wildman–Crippen LogP) is 4.42. The van der Waals surface area contributed by atoms with Crippen LogP contribution in [0.2, 0.25) is 0 Å². The molecule has 4 rings (SSSR count). The molecular weight excluding hydrogens is 340 g/mol. The van der Waals surface area contributed by atoms with Crippen LogP contribution in [-0.4, -0.2) is 16.9 Å². The zero-order valence-electron chi connectivity index (χ0n) is 14.3. The number of esters is 1. The summed E-state index contributed by atoms with van der Waals surface area (Å²) in [6.45, 7) is 0. The number of aliphatic hydroxyl groups excluding tert-OH is 1. The van der Waals surface area contributed by atoms with Crippen molar-refractivity contribution in [2.75, 3.05) is 0 Å². The lowest BCUT2D eigenvalue weighted by Crippen LogP contribution is -2.35. The first kappa shape index (κ1) is 16.8. The topological polar surface area (TPSA) is 63.6 Å². The molecule has 1 atom stereocenters. The van der Waals surface area contributed by atoms with E-state index in [1.165, 1.54) is 0 Å². The van der Waals surface area contributed by atoms with E-state index >= 15 is 0 Å². The van der Waals surface area contributed by atoms with Gasteiger partial charge in [0.05, 0.1) is 5.56 Å². The molecule has 0 saturated heterocycles. The van der Waals surface area contributed by atoms with E-state index in [-0.39, 0.29) is 17.1 Å². The van der Waals surface area contributed by atoms with Crippen LogP contribution in [0.5, 0.6) is 5.75 Å². The lowest BCUT2D eigenvalue weighted by Gasteiger charge is -2.23. The van der Waals surface area contributed by atoms with E-state index in [0.717, 1.165) is 0 Å². The molecule has 0 aliphatic carbocycles. The number of ketones is 1. The van der Waals surface area contributed by atoms with Crippen LogP contribution in [-0.2, 0) is 4.79 Å². The van der Waals surface area contributed by atoms with Crippen molar-refractivity contribution in [3.8, 4) is 5.75 Å². The largest absolute Gasteiger partial charge is 0.510 e. The van der Waals surface area contributed by atoms with Crippen molar-refractivity contribution in [3.05, 3.63) is 107 Å². The minimum Gasteiger partial charge on any atom is -0.510 e. The Bertz CT molecular complexity index is 995. The second-order valence-electron chi connectivity index (χ2n) is 6.21. The zero-order chi connectivity index (χ0) is 18.8. The van der Waals surface area contributed by atoms with Crippen molar-refractivity contribution in [1.82, 2.24) is 0 Å². The number of para-hydroxylation sites is 1. The summed E-state index contributed by atoms with van der Waals surface area (Å²) < 4.78 is 5.30. The first-order valence-corrected chi connectivity index (χ1v) is 8.55. The Kier molecular flexibility index (Phi) is 4.30. The minimum absolute atomic E-state index is 0.220. The Morgan fingerprint density at radius 2 is 1.26 bits per heavy atom. The molecule has 132 valence electrons. The fraction of sp³-hybridized carbons (Fsp3) is 0.0435. The summed E-state index contributed by atoms with van der Waals surface area (Å²) in [4.78, 5) is 25.5. The summed E-state index contributed by atoms with van der Waals surface area (Å²) in [5, 5.41) is 11.1. The lowest BCUT2D eigenvalue weighted by molar-refractivity contribution is -0.137. The Labute approximate surface area is 156 Å². The molecule has 4 nitrogen and oxygen atoms in total. The molecule has 0 amide bonds. The fourth-order valence-corrected chi connectivity index (χ4v) is 3.24. The number of hydrogen-bond donors (Lipinski definition) is 1. The van der Waals surface area contributed by atoms with Crippen LogP contribution < -0.4 is 4.74 Å². The lowest BCUT2D eigenvalue weighted by atomic mass is 9.87. The molecule has 0 radical (unpaired) electrons. The number of fused-ring (bicyclic) bond motifs is 1. The highest BCUT2D eigenvalue weighted by molar-refractivity contribution is 6.16. The number of carbonyl (C=O) groups excluding carboxylic acids is 2. The van der Waals surface area contributed by atoms with Gasteiger partial charge in [-0.1, -0.05) is 72.8 Å². The van der Waals surface area contributed by atoms with Crippen LogP contribution in [0.3, 0.4) is 0 Å². The molecule has 1 unspecified atom stereocenters. The molecule has 3 aromatic carbocycles. The van der Waals surface area contributed by atoms with E-state index in [9.17, 15) is 14.7 Å². The van der Waals surface area contributed by atoms with Gasteiger partial charge in [-0.25, -0.2) is 0 Å². The van der Waals surface area contributed by atoms with E-state index in [0.29, 0.717) is 16.7 Å². The number of Topliss-reactive ketones (excluding diaryl/α,β-unsaturated/α-hetero) is 1. The van der Waals surface area contributed by atoms with Gasteiger partial charge >= 0.3 is 5.97 Å². The maximum Gasteiger partial charge on any atom is 0.330 e. The summed E-state index contributed by atoms with van der Waals surface area (Å²) in [7, 11) is 0. The van der Waals surface area contributed by atoms with Crippen LogP contribution in [0.25, 0.3) is 5.57 Å². The molecule has 1 aliphatic rings. The Hall–Kier alpha value is -3.66. The van der Waals surface area contributed by atoms with Gasteiger partial charge in [0.1, 0.15) is 11.5 Å². The summed E-state index contributed by atoms with van der Waals surface area (Å²) in [5.74, 6) is -2.73. The maximum atomic E-state index is 12.9. The van der Waals surface area contributed by atoms with Gasteiger partial charge in [-0.15, -0.1) is 0 Å². The fourth-order valence-electron chi connectivity index (χ4n) is 3.24. The second-order valence-corrected chi connectivity index (χ2v) is 6.21. The van der Waals surface area contributed by atoms with E-state index in [1.54, 1.807) is 24.3 Å². The number of carbonyl (C=O) groups is 2. The average Bonchev–Trinajstić information content (AvgIpc) is 2.70. The smallest absolute Gasteiger partial charge is 0.330 e. The van der Waals surface area contributed by atoms with Gasteiger partial charge in [0, 0.05) is 5.57 Å². The molecule has 27 heavy (non-hydrogen) atoms. The van der Waals surface area contributed by atoms with Crippen molar-refractivity contribution < 1.29 is 19.4 Å². The van der Waals surface area contributed by atoms with Crippen LogP contribution in [0.4, 0.5) is 0 Å². The molecule has 0 spiro atoms. The SMILES string of the molecule is O=C1Oc2ccccc2C(=O)C1C(O)=C(c1ccccc1)c1ccccc1. The highest BCUT2D eigenvalue weighted by Crippen LogP contribution is 2.35. The number of benzene rings is 3. The first-order chi connectivity index (χ1) is 13.2. The molecule has 3 aromatic rings. The van der Waals surface area contributed by atoms with E-state index in [4.69, 9.17) is 4.74 Å². The van der Waals surface area contributed by atoms with Crippen molar-refractivity contribution in [2.45, 2.75) is 0 Å². The Morgan fingerprint density at radius 3 is 1.85 bits per heavy atom.